The van der Waals surface area contributed by atoms with Crippen molar-refractivity contribution in [2.75, 3.05) is 18.2 Å². The van der Waals surface area contributed by atoms with E-state index < -0.39 is 14.8 Å². The smallest absolute Gasteiger partial charge is 0.299 e. The molecule has 29 heavy (non-hydrogen) atoms. The zero-order valence-electron chi connectivity index (χ0n) is 15.4. The van der Waals surface area contributed by atoms with Gasteiger partial charge in [0.05, 0.1) is 34.6 Å². The van der Waals surface area contributed by atoms with E-state index in [1.54, 1.807) is 13.0 Å². The minimum Gasteiger partial charge on any atom is -0.495 e. The van der Waals surface area contributed by atoms with Crippen LogP contribution in [-0.2, 0) is 9.84 Å². The number of oxazole rings is 1. The quantitative estimate of drug-likeness (QED) is 0.384. The lowest BCUT2D eigenvalue weighted by Gasteiger charge is -2.10. The molecule has 0 amide bonds. The van der Waals surface area contributed by atoms with Crippen LogP contribution in [-0.4, -0.2) is 31.2 Å². The number of nitro groups is 1. The fourth-order valence-electron chi connectivity index (χ4n) is 2.55. The maximum Gasteiger partial charge on any atom is 0.299 e. The van der Waals surface area contributed by atoms with Crippen molar-refractivity contribution in [3.8, 4) is 17.1 Å². The molecular formula is C18H16BrN3O6S. The number of halogens is 1. The Labute approximate surface area is 174 Å². The van der Waals surface area contributed by atoms with Gasteiger partial charge in [0.2, 0.25) is 0 Å². The van der Waals surface area contributed by atoms with Gasteiger partial charge in [-0.05, 0) is 24.3 Å². The van der Waals surface area contributed by atoms with Gasteiger partial charge in [0.25, 0.3) is 11.7 Å². The molecule has 1 heterocycles. The number of hydrogen-bond acceptors (Lipinski definition) is 8. The van der Waals surface area contributed by atoms with E-state index in [9.17, 15) is 18.5 Å². The van der Waals surface area contributed by atoms with E-state index in [-0.39, 0.29) is 22.4 Å². The van der Waals surface area contributed by atoms with Gasteiger partial charge < -0.3 is 14.5 Å². The molecule has 1 N–H and O–H groups in total. The molecule has 0 saturated heterocycles. The van der Waals surface area contributed by atoms with Crippen LogP contribution < -0.4 is 10.1 Å². The summed E-state index contributed by atoms with van der Waals surface area (Å²) in [6.45, 7) is 1.56. The molecule has 0 aliphatic heterocycles. The Kier molecular flexibility index (Phi) is 5.89. The highest BCUT2D eigenvalue weighted by atomic mass is 79.9. The lowest BCUT2D eigenvalue weighted by atomic mass is 10.1. The van der Waals surface area contributed by atoms with Crippen LogP contribution >= 0.6 is 15.9 Å². The summed E-state index contributed by atoms with van der Waals surface area (Å²) in [5, 5.41) is 13.9. The lowest BCUT2D eigenvalue weighted by molar-refractivity contribution is -0.384. The summed E-state index contributed by atoms with van der Waals surface area (Å²) in [6.07, 6.45) is 1.41. The summed E-state index contributed by atoms with van der Waals surface area (Å²) in [5.74, 6) is 0.662. The molecule has 0 unspecified atom stereocenters. The molecule has 152 valence electrons. The van der Waals surface area contributed by atoms with E-state index in [4.69, 9.17) is 9.15 Å². The van der Waals surface area contributed by atoms with Crippen LogP contribution in [0, 0.1) is 10.1 Å². The number of benzene rings is 2. The maximum atomic E-state index is 12.1. The summed E-state index contributed by atoms with van der Waals surface area (Å²) in [7, 11) is -1.95. The number of aromatic nitrogens is 1. The molecular weight excluding hydrogens is 466 g/mol. The van der Waals surface area contributed by atoms with Gasteiger partial charge >= 0.3 is 0 Å². The van der Waals surface area contributed by atoms with Gasteiger partial charge in [-0.15, -0.1) is 0 Å². The van der Waals surface area contributed by atoms with Gasteiger partial charge in [0, 0.05) is 22.2 Å². The number of rotatable bonds is 7. The molecule has 0 radical (unpaired) electrons. The van der Waals surface area contributed by atoms with Crippen molar-refractivity contribution < 1.29 is 22.5 Å². The van der Waals surface area contributed by atoms with Gasteiger partial charge in [-0.3, -0.25) is 10.1 Å². The number of nitrogens with one attached hydrogen (secondary N) is 1. The molecule has 0 bridgehead atoms. The van der Waals surface area contributed by atoms with E-state index in [2.05, 4.69) is 26.2 Å². The number of methoxy groups -OCH3 is 1. The van der Waals surface area contributed by atoms with E-state index in [0.717, 1.165) is 0 Å². The Morgan fingerprint density at radius 1 is 1.28 bits per heavy atom. The van der Waals surface area contributed by atoms with Crippen molar-refractivity contribution in [1.29, 1.82) is 0 Å². The zero-order chi connectivity index (χ0) is 21.2. The van der Waals surface area contributed by atoms with Crippen LogP contribution in [0.4, 0.5) is 17.4 Å². The Bertz CT molecular complexity index is 1180. The van der Waals surface area contributed by atoms with E-state index in [0.29, 0.717) is 27.2 Å². The summed E-state index contributed by atoms with van der Waals surface area (Å²) in [4.78, 5) is 14.8. The lowest BCUT2D eigenvalue weighted by Crippen LogP contribution is -2.05. The normalized spacial score (nSPS) is 11.3. The zero-order valence-corrected chi connectivity index (χ0v) is 17.8. The third kappa shape index (κ3) is 4.57. The molecule has 0 saturated carbocycles. The molecule has 0 fully saturated rings. The fraction of sp³-hybridized carbons (Fsp3) is 0.167. The predicted octanol–water partition coefficient (Wildman–Crippen LogP) is 4.56. The van der Waals surface area contributed by atoms with Gasteiger partial charge in [0.15, 0.2) is 15.6 Å². The third-order valence-electron chi connectivity index (χ3n) is 4.04. The molecule has 11 heteroatoms. The molecule has 3 rings (SSSR count). The third-order valence-corrected chi connectivity index (χ3v) is 6.23. The van der Waals surface area contributed by atoms with E-state index in [1.807, 2.05) is 0 Å². The number of nitrogens with zero attached hydrogens (tertiary/aromatic N) is 2. The highest BCUT2D eigenvalue weighted by molar-refractivity contribution is 9.10. The first-order valence-electron chi connectivity index (χ1n) is 8.32. The largest absolute Gasteiger partial charge is 0.495 e. The van der Waals surface area contributed by atoms with Gasteiger partial charge in [-0.25, -0.2) is 13.4 Å². The monoisotopic (exact) mass is 481 g/mol. The first kappa shape index (κ1) is 20.8. The molecule has 9 nitrogen and oxygen atoms in total. The topological polar surface area (TPSA) is 125 Å². The van der Waals surface area contributed by atoms with Crippen LogP contribution in [0.3, 0.4) is 0 Å². The van der Waals surface area contributed by atoms with Gasteiger partial charge in [0.1, 0.15) is 5.75 Å². The first-order chi connectivity index (χ1) is 13.7. The highest BCUT2D eigenvalue weighted by Crippen LogP contribution is 2.33. The number of non-ortho nitro benzene ring substituents is 1. The Morgan fingerprint density at radius 2 is 2.03 bits per heavy atom. The Hall–Kier alpha value is -2.92. The fourth-order valence-corrected chi connectivity index (χ4v) is 3.93. The van der Waals surface area contributed by atoms with Gasteiger partial charge in [-0.1, -0.05) is 22.9 Å². The van der Waals surface area contributed by atoms with Crippen LogP contribution in [0.5, 0.6) is 5.75 Å². The number of sulfone groups is 1. The van der Waals surface area contributed by atoms with Crippen molar-refractivity contribution in [3.63, 3.8) is 0 Å². The Balaban J connectivity index is 1.95. The number of nitro benzene ring substituents is 1. The standard InChI is InChI=1S/C18H16BrN3O6S/c1-3-29(25,26)14-4-5-16(27-2)15(9-14)21-18-20-10-17(28-18)11-6-12(19)8-13(7-11)22(23)24/h4-10H,3H2,1-2H3,(H,20,21). The van der Waals surface area contributed by atoms with Crippen LogP contribution in [0.2, 0.25) is 0 Å². The van der Waals surface area contributed by atoms with E-state index >= 15 is 0 Å². The van der Waals surface area contributed by atoms with Crippen LogP contribution in [0.1, 0.15) is 6.92 Å². The van der Waals surface area contributed by atoms with E-state index in [1.165, 1.54) is 43.6 Å². The van der Waals surface area contributed by atoms with Crippen molar-refractivity contribution >= 4 is 43.2 Å². The highest BCUT2D eigenvalue weighted by Gasteiger charge is 2.17. The summed E-state index contributed by atoms with van der Waals surface area (Å²) in [6, 6.07) is 8.91. The molecule has 0 atom stereocenters. The van der Waals surface area contributed by atoms with Crippen molar-refractivity contribution in [3.05, 3.63) is 57.2 Å². The van der Waals surface area contributed by atoms with Crippen LogP contribution in [0.15, 0.2) is 56.4 Å². The number of anilines is 2. The summed E-state index contributed by atoms with van der Waals surface area (Å²) >= 11 is 3.24. The second-order valence-electron chi connectivity index (χ2n) is 5.88. The summed E-state index contributed by atoms with van der Waals surface area (Å²) < 4.78 is 35.7. The Morgan fingerprint density at radius 3 is 2.69 bits per heavy atom. The van der Waals surface area contributed by atoms with Crippen molar-refractivity contribution in [1.82, 2.24) is 4.98 Å². The molecule has 0 spiro atoms. The maximum absolute atomic E-state index is 12.1. The number of hydrogen-bond donors (Lipinski definition) is 1. The minimum absolute atomic E-state index is 0.0381. The van der Waals surface area contributed by atoms with Crippen molar-refractivity contribution in [2.45, 2.75) is 11.8 Å². The average molecular weight is 482 g/mol. The predicted molar refractivity (Wildman–Crippen MR) is 110 cm³/mol. The second-order valence-corrected chi connectivity index (χ2v) is 9.07. The first-order valence-corrected chi connectivity index (χ1v) is 10.8. The SMILES string of the molecule is CCS(=O)(=O)c1ccc(OC)c(Nc2ncc(-c3cc(Br)cc([N+](=O)[O-])c3)o2)c1. The van der Waals surface area contributed by atoms with Crippen molar-refractivity contribution in [2.24, 2.45) is 0 Å². The molecule has 2 aromatic carbocycles. The van der Waals surface area contributed by atoms with Crippen LogP contribution in [0.25, 0.3) is 11.3 Å². The van der Waals surface area contributed by atoms with Gasteiger partial charge in [-0.2, -0.15) is 0 Å². The number of ether oxygens (including phenoxy) is 1. The molecule has 0 aliphatic carbocycles. The summed E-state index contributed by atoms with van der Waals surface area (Å²) in [5.41, 5.74) is 0.718. The minimum atomic E-state index is -3.41. The second kappa shape index (κ2) is 8.21. The molecule has 3 aromatic rings. The molecule has 0 aliphatic rings. The average Bonchev–Trinajstić information content (AvgIpc) is 3.16. The molecule has 1 aromatic heterocycles.